The zero-order chi connectivity index (χ0) is 17.1. The minimum absolute atomic E-state index is 0.00612. The van der Waals surface area contributed by atoms with Crippen LogP contribution in [0.15, 0.2) is 54.6 Å². The summed E-state index contributed by atoms with van der Waals surface area (Å²) < 4.78 is 6.73. The quantitative estimate of drug-likeness (QED) is 0.925. The van der Waals surface area contributed by atoms with Crippen LogP contribution in [0, 0.1) is 6.92 Å². The Morgan fingerprint density at radius 2 is 1.76 bits per heavy atom. The topological polar surface area (TPSA) is 24.5 Å². The lowest BCUT2D eigenvalue weighted by atomic mass is 9.88. The Morgan fingerprint density at radius 1 is 1.04 bits per heavy atom. The van der Waals surface area contributed by atoms with E-state index in [-0.39, 0.29) is 11.7 Å². The second-order valence-electron chi connectivity index (χ2n) is 7.61. The molecule has 25 heavy (non-hydrogen) atoms. The lowest BCUT2D eigenvalue weighted by Gasteiger charge is -2.48. The molecular formula is C22H28N2O. The third-order valence-electron chi connectivity index (χ3n) is 5.54. The molecule has 2 fully saturated rings. The third-order valence-corrected chi connectivity index (χ3v) is 5.54. The molecule has 0 aromatic heterocycles. The van der Waals surface area contributed by atoms with Gasteiger partial charge in [0.15, 0.2) is 0 Å². The van der Waals surface area contributed by atoms with Crippen molar-refractivity contribution in [2.75, 3.05) is 26.2 Å². The number of morpholine rings is 1. The highest BCUT2D eigenvalue weighted by Gasteiger charge is 2.41. The number of benzene rings is 2. The van der Waals surface area contributed by atoms with E-state index in [0.717, 1.165) is 45.6 Å². The van der Waals surface area contributed by atoms with E-state index in [0.29, 0.717) is 0 Å². The largest absolute Gasteiger partial charge is 0.364 e. The Morgan fingerprint density at radius 3 is 2.48 bits per heavy atom. The molecule has 4 rings (SSSR count). The van der Waals surface area contributed by atoms with Crippen molar-refractivity contribution in [3.63, 3.8) is 0 Å². The Balaban J connectivity index is 1.57. The maximum atomic E-state index is 6.73. The van der Waals surface area contributed by atoms with Gasteiger partial charge in [0.25, 0.3) is 0 Å². The molecule has 1 spiro atoms. The van der Waals surface area contributed by atoms with Gasteiger partial charge >= 0.3 is 0 Å². The Hall–Kier alpha value is -1.68. The molecule has 2 aliphatic heterocycles. The van der Waals surface area contributed by atoms with Crippen molar-refractivity contribution in [1.82, 2.24) is 10.2 Å². The fourth-order valence-corrected chi connectivity index (χ4v) is 4.16. The number of nitrogens with zero attached hydrogens (tertiary/aromatic N) is 1. The van der Waals surface area contributed by atoms with E-state index in [2.05, 4.69) is 71.7 Å². The second kappa shape index (κ2) is 7.28. The van der Waals surface area contributed by atoms with Crippen molar-refractivity contribution in [3.8, 4) is 0 Å². The fourth-order valence-electron chi connectivity index (χ4n) is 4.16. The molecule has 132 valence electrons. The van der Waals surface area contributed by atoms with Gasteiger partial charge < -0.3 is 10.1 Å². The molecule has 0 radical (unpaired) electrons. The van der Waals surface area contributed by atoms with Crippen molar-refractivity contribution in [1.29, 1.82) is 0 Å². The van der Waals surface area contributed by atoms with Gasteiger partial charge in [-0.1, -0.05) is 60.2 Å². The fraction of sp³-hybridized carbons (Fsp3) is 0.455. The molecule has 2 aliphatic rings. The number of aryl methyl sites for hydroxylation is 1. The Kier molecular flexibility index (Phi) is 4.89. The number of hydrogen-bond donors (Lipinski definition) is 1. The van der Waals surface area contributed by atoms with Crippen molar-refractivity contribution in [2.45, 2.75) is 38.0 Å². The number of ether oxygens (including phenoxy) is 1. The minimum atomic E-state index is -0.00612. The summed E-state index contributed by atoms with van der Waals surface area (Å²) in [5.41, 5.74) is 3.99. The van der Waals surface area contributed by atoms with Crippen LogP contribution in [-0.4, -0.2) is 36.7 Å². The molecule has 0 bridgehead atoms. The molecule has 0 aliphatic carbocycles. The lowest BCUT2D eigenvalue weighted by Crippen LogP contribution is -2.56. The Labute approximate surface area is 151 Å². The summed E-state index contributed by atoms with van der Waals surface area (Å²) in [7, 11) is 0. The maximum Gasteiger partial charge on any atom is 0.0960 e. The lowest BCUT2D eigenvalue weighted by molar-refractivity contribution is -0.171. The van der Waals surface area contributed by atoms with Crippen LogP contribution in [0.2, 0.25) is 0 Å². The summed E-state index contributed by atoms with van der Waals surface area (Å²) in [6, 6.07) is 19.7. The van der Waals surface area contributed by atoms with E-state index >= 15 is 0 Å². The van der Waals surface area contributed by atoms with E-state index in [1.54, 1.807) is 0 Å². The van der Waals surface area contributed by atoms with Gasteiger partial charge in [0.1, 0.15) is 0 Å². The van der Waals surface area contributed by atoms with Crippen LogP contribution in [0.25, 0.3) is 0 Å². The highest BCUT2D eigenvalue weighted by molar-refractivity contribution is 5.24. The SMILES string of the molecule is Cc1ccc(C2CN(Cc3ccccc3)CC3(CCNCC3)O2)cc1. The summed E-state index contributed by atoms with van der Waals surface area (Å²) in [4.78, 5) is 2.59. The zero-order valence-corrected chi connectivity index (χ0v) is 15.1. The van der Waals surface area contributed by atoms with Gasteiger partial charge in [-0.3, -0.25) is 4.90 Å². The molecule has 2 heterocycles. The molecule has 2 aromatic rings. The second-order valence-corrected chi connectivity index (χ2v) is 7.61. The number of rotatable bonds is 3. The van der Waals surface area contributed by atoms with E-state index in [4.69, 9.17) is 4.74 Å². The number of piperidine rings is 1. The van der Waals surface area contributed by atoms with Crippen LogP contribution in [0.5, 0.6) is 0 Å². The summed E-state index contributed by atoms with van der Waals surface area (Å²) in [5, 5.41) is 3.48. The van der Waals surface area contributed by atoms with Gasteiger partial charge in [0.2, 0.25) is 0 Å². The molecule has 3 nitrogen and oxygen atoms in total. The summed E-state index contributed by atoms with van der Waals surface area (Å²) in [6.07, 6.45) is 2.36. The predicted molar refractivity (Wildman–Crippen MR) is 102 cm³/mol. The minimum Gasteiger partial charge on any atom is -0.364 e. The Bertz CT molecular complexity index is 677. The van der Waals surface area contributed by atoms with Crippen molar-refractivity contribution in [3.05, 3.63) is 71.3 Å². The van der Waals surface area contributed by atoms with E-state index < -0.39 is 0 Å². The maximum absolute atomic E-state index is 6.73. The van der Waals surface area contributed by atoms with Gasteiger partial charge in [-0.25, -0.2) is 0 Å². The van der Waals surface area contributed by atoms with Gasteiger partial charge in [0, 0.05) is 19.6 Å². The number of hydrogen-bond acceptors (Lipinski definition) is 3. The van der Waals surface area contributed by atoms with E-state index in [1.807, 2.05) is 0 Å². The zero-order valence-electron chi connectivity index (χ0n) is 15.1. The summed E-state index contributed by atoms with van der Waals surface area (Å²) >= 11 is 0. The van der Waals surface area contributed by atoms with E-state index in [9.17, 15) is 0 Å². The highest BCUT2D eigenvalue weighted by atomic mass is 16.5. The van der Waals surface area contributed by atoms with Gasteiger partial charge in [-0.2, -0.15) is 0 Å². The van der Waals surface area contributed by atoms with Crippen LogP contribution in [0.4, 0.5) is 0 Å². The van der Waals surface area contributed by atoms with Crippen LogP contribution >= 0.6 is 0 Å². The van der Waals surface area contributed by atoms with Crippen LogP contribution < -0.4 is 5.32 Å². The van der Waals surface area contributed by atoms with Crippen LogP contribution in [0.1, 0.15) is 35.6 Å². The molecular weight excluding hydrogens is 308 g/mol. The molecule has 2 saturated heterocycles. The van der Waals surface area contributed by atoms with Gasteiger partial charge in [0.05, 0.1) is 11.7 Å². The predicted octanol–water partition coefficient (Wildman–Crippen LogP) is 3.69. The van der Waals surface area contributed by atoms with Gasteiger partial charge in [-0.05, 0) is 44.0 Å². The average Bonchev–Trinajstić information content (AvgIpc) is 2.63. The van der Waals surface area contributed by atoms with Gasteiger partial charge in [-0.15, -0.1) is 0 Å². The standard InChI is InChI=1S/C22H28N2O/c1-18-7-9-20(10-8-18)21-16-24(15-19-5-3-2-4-6-19)17-22(25-21)11-13-23-14-12-22/h2-10,21,23H,11-17H2,1H3. The normalized spacial score (nSPS) is 23.6. The molecule has 0 amide bonds. The smallest absolute Gasteiger partial charge is 0.0960 e. The van der Waals surface area contributed by atoms with Crippen molar-refractivity contribution >= 4 is 0 Å². The monoisotopic (exact) mass is 336 g/mol. The van der Waals surface area contributed by atoms with Crippen molar-refractivity contribution < 1.29 is 4.74 Å². The first-order valence-electron chi connectivity index (χ1n) is 9.44. The highest BCUT2D eigenvalue weighted by Crippen LogP contribution is 2.37. The van der Waals surface area contributed by atoms with Crippen molar-refractivity contribution in [2.24, 2.45) is 0 Å². The molecule has 3 heteroatoms. The molecule has 1 atom stereocenters. The van der Waals surface area contributed by atoms with Crippen LogP contribution in [0.3, 0.4) is 0 Å². The third kappa shape index (κ3) is 3.95. The molecule has 1 N–H and O–H groups in total. The van der Waals surface area contributed by atoms with E-state index in [1.165, 1.54) is 16.7 Å². The molecule has 0 saturated carbocycles. The summed E-state index contributed by atoms with van der Waals surface area (Å²) in [6.45, 7) is 7.25. The van der Waals surface area contributed by atoms with Crippen LogP contribution in [-0.2, 0) is 11.3 Å². The average molecular weight is 336 g/mol. The first-order chi connectivity index (χ1) is 12.2. The summed E-state index contributed by atoms with van der Waals surface area (Å²) in [5.74, 6) is 0. The molecule has 2 aromatic carbocycles. The first kappa shape index (κ1) is 16.8. The molecule has 1 unspecified atom stereocenters. The first-order valence-corrected chi connectivity index (χ1v) is 9.44. The number of nitrogens with one attached hydrogen (secondary N) is 1.